The van der Waals surface area contributed by atoms with Gasteiger partial charge in [0.05, 0.1) is 12.2 Å². The zero-order valence-corrected chi connectivity index (χ0v) is 13.9. The minimum absolute atomic E-state index is 0.165. The molecule has 0 aromatic heterocycles. The molecular weight excluding hydrogens is 280 g/mol. The summed E-state index contributed by atoms with van der Waals surface area (Å²) in [5.41, 5.74) is 0.411. The summed E-state index contributed by atoms with van der Waals surface area (Å²) < 4.78 is 17.5. The van der Waals surface area contributed by atoms with Gasteiger partial charge in [-0.2, -0.15) is 0 Å². The van der Waals surface area contributed by atoms with Crippen molar-refractivity contribution in [3.8, 4) is 0 Å². The van der Waals surface area contributed by atoms with Gasteiger partial charge in [-0.3, -0.25) is 0 Å². The molecule has 2 fully saturated rings. The number of hydrogen-bond donors (Lipinski definition) is 0. The number of hydrogen-bond acceptors (Lipinski definition) is 4. The van der Waals surface area contributed by atoms with Crippen molar-refractivity contribution in [3.05, 3.63) is 12.2 Å². The standard InChI is InChI=1S/C18H30O4/c1-14(2)18(19)20-13-17(21-15-9-5-3-6-10-15)22-16-11-7-4-8-12-16/h15-17H,1,3-13H2,2H3. The Balaban J connectivity index is 1.83. The first-order valence-corrected chi connectivity index (χ1v) is 8.78. The van der Waals surface area contributed by atoms with Crippen molar-refractivity contribution < 1.29 is 19.0 Å². The molecule has 2 saturated carbocycles. The van der Waals surface area contributed by atoms with Gasteiger partial charge in [-0.05, 0) is 32.6 Å². The summed E-state index contributed by atoms with van der Waals surface area (Å²) in [5.74, 6) is -0.371. The Labute approximate surface area is 134 Å². The van der Waals surface area contributed by atoms with Gasteiger partial charge >= 0.3 is 5.97 Å². The van der Waals surface area contributed by atoms with E-state index in [4.69, 9.17) is 14.2 Å². The first-order chi connectivity index (χ1) is 10.6. The molecule has 2 aliphatic rings. The molecule has 0 spiro atoms. The van der Waals surface area contributed by atoms with Crippen LogP contribution < -0.4 is 0 Å². The molecule has 0 unspecified atom stereocenters. The van der Waals surface area contributed by atoms with E-state index in [0.717, 1.165) is 25.7 Å². The second-order valence-corrected chi connectivity index (χ2v) is 6.60. The van der Waals surface area contributed by atoms with Crippen LogP contribution in [-0.4, -0.2) is 31.1 Å². The lowest BCUT2D eigenvalue weighted by Crippen LogP contribution is -2.35. The van der Waals surface area contributed by atoms with Gasteiger partial charge in [0.25, 0.3) is 0 Å². The first kappa shape index (κ1) is 17.5. The van der Waals surface area contributed by atoms with Crippen LogP contribution in [0.15, 0.2) is 12.2 Å². The van der Waals surface area contributed by atoms with Crippen LogP contribution in [0, 0.1) is 0 Å². The lowest BCUT2D eigenvalue weighted by atomic mass is 9.97. The SMILES string of the molecule is C=C(C)C(=O)OCC(OC1CCCCC1)OC1CCCCC1. The van der Waals surface area contributed by atoms with Gasteiger partial charge in [0.1, 0.15) is 6.61 Å². The zero-order valence-electron chi connectivity index (χ0n) is 13.9. The topological polar surface area (TPSA) is 44.8 Å². The summed E-state index contributed by atoms with van der Waals surface area (Å²) in [6.45, 7) is 5.43. The highest BCUT2D eigenvalue weighted by Gasteiger charge is 2.25. The second kappa shape index (κ2) is 9.31. The Morgan fingerprint density at radius 2 is 1.41 bits per heavy atom. The molecule has 0 atom stereocenters. The van der Waals surface area contributed by atoms with Crippen molar-refractivity contribution in [3.63, 3.8) is 0 Å². The smallest absolute Gasteiger partial charge is 0.333 e. The van der Waals surface area contributed by atoms with Gasteiger partial charge in [0.15, 0.2) is 6.29 Å². The molecule has 2 rings (SSSR count). The highest BCUT2D eigenvalue weighted by atomic mass is 16.7. The highest BCUT2D eigenvalue weighted by Crippen LogP contribution is 2.25. The number of esters is 1. The molecular formula is C18H30O4. The zero-order chi connectivity index (χ0) is 15.8. The van der Waals surface area contributed by atoms with Crippen molar-refractivity contribution in [2.24, 2.45) is 0 Å². The molecule has 0 aromatic carbocycles. The molecule has 0 heterocycles. The van der Waals surface area contributed by atoms with Crippen molar-refractivity contribution in [2.75, 3.05) is 6.61 Å². The fourth-order valence-corrected chi connectivity index (χ4v) is 3.21. The Kier molecular flexibility index (Phi) is 7.40. The number of rotatable bonds is 7. The molecule has 4 nitrogen and oxygen atoms in total. The molecule has 0 saturated heterocycles. The van der Waals surface area contributed by atoms with Crippen molar-refractivity contribution in [1.82, 2.24) is 0 Å². The van der Waals surface area contributed by atoms with Crippen LogP contribution in [0.1, 0.15) is 71.1 Å². The van der Waals surface area contributed by atoms with E-state index in [1.165, 1.54) is 38.5 Å². The van der Waals surface area contributed by atoms with E-state index in [9.17, 15) is 4.79 Å². The van der Waals surface area contributed by atoms with Crippen molar-refractivity contribution in [2.45, 2.75) is 89.6 Å². The highest BCUT2D eigenvalue weighted by molar-refractivity contribution is 5.86. The Morgan fingerprint density at radius 1 is 0.955 bits per heavy atom. The third kappa shape index (κ3) is 6.09. The van der Waals surface area contributed by atoms with Crippen LogP contribution in [0.4, 0.5) is 0 Å². The van der Waals surface area contributed by atoms with Crippen LogP contribution in [0.25, 0.3) is 0 Å². The molecule has 0 N–H and O–H groups in total. The molecule has 0 aromatic rings. The van der Waals surface area contributed by atoms with Crippen LogP contribution in [0.3, 0.4) is 0 Å². The van der Waals surface area contributed by atoms with E-state index >= 15 is 0 Å². The van der Waals surface area contributed by atoms with E-state index in [1.807, 2.05) is 0 Å². The van der Waals surface area contributed by atoms with Crippen molar-refractivity contribution in [1.29, 1.82) is 0 Å². The maximum atomic E-state index is 11.6. The second-order valence-electron chi connectivity index (χ2n) is 6.60. The molecule has 0 aliphatic heterocycles. The van der Waals surface area contributed by atoms with Crippen LogP contribution in [0.5, 0.6) is 0 Å². The Hall–Kier alpha value is -0.870. The summed E-state index contributed by atoms with van der Waals surface area (Å²) >= 11 is 0. The third-order valence-corrected chi connectivity index (χ3v) is 4.49. The van der Waals surface area contributed by atoms with E-state index < -0.39 is 6.29 Å². The van der Waals surface area contributed by atoms with Gasteiger partial charge in [-0.25, -0.2) is 4.79 Å². The minimum atomic E-state index is -0.436. The van der Waals surface area contributed by atoms with E-state index in [0.29, 0.717) is 5.57 Å². The van der Waals surface area contributed by atoms with Crippen LogP contribution in [-0.2, 0) is 19.0 Å². The maximum Gasteiger partial charge on any atom is 0.333 e. The molecule has 4 heteroatoms. The summed E-state index contributed by atoms with van der Waals surface area (Å²) in [5, 5.41) is 0. The maximum absolute atomic E-state index is 11.6. The minimum Gasteiger partial charge on any atom is -0.457 e. The van der Waals surface area contributed by atoms with Gasteiger partial charge in [-0.1, -0.05) is 45.1 Å². The van der Waals surface area contributed by atoms with Gasteiger partial charge in [0.2, 0.25) is 0 Å². The molecule has 2 aliphatic carbocycles. The normalized spacial score (nSPS) is 21.0. The molecule has 0 amide bonds. The average molecular weight is 310 g/mol. The first-order valence-electron chi connectivity index (χ1n) is 8.78. The van der Waals surface area contributed by atoms with Gasteiger partial charge < -0.3 is 14.2 Å². The number of carbonyl (C=O) groups excluding carboxylic acids is 1. The summed E-state index contributed by atoms with van der Waals surface area (Å²) in [6.07, 6.45) is 11.8. The lowest BCUT2D eigenvalue weighted by molar-refractivity contribution is -0.223. The Morgan fingerprint density at radius 3 is 1.82 bits per heavy atom. The fourth-order valence-electron chi connectivity index (χ4n) is 3.21. The van der Waals surface area contributed by atoms with Gasteiger partial charge in [0, 0.05) is 5.57 Å². The summed E-state index contributed by atoms with van der Waals surface area (Å²) in [4.78, 5) is 11.6. The van der Waals surface area contributed by atoms with Crippen molar-refractivity contribution >= 4 is 5.97 Å². The largest absolute Gasteiger partial charge is 0.457 e. The monoisotopic (exact) mass is 310 g/mol. The molecule has 126 valence electrons. The summed E-state index contributed by atoms with van der Waals surface area (Å²) in [7, 11) is 0. The number of carbonyl (C=O) groups is 1. The van der Waals surface area contributed by atoms with Gasteiger partial charge in [-0.15, -0.1) is 0 Å². The third-order valence-electron chi connectivity index (χ3n) is 4.49. The average Bonchev–Trinajstić information content (AvgIpc) is 2.54. The quantitative estimate of drug-likeness (QED) is 0.403. The lowest BCUT2D eigenvalue weighted by Gasteiger charge is -2.31. The summed E-state index contributed by atoms with van der Waals surface area (Å²) in [6, 6.07) is 0. The predicted octanol–water partition coefficient (Wildman–Crippen LogP) is 4.13. The van der Waals surface area contributed by atoms with E-state index in [-0.39, 0.29) is 24.8 Å². The fraction of sp³-hybridized carbons (Fsp3) is 0.833. The van der Waals surface area contributed by atoms with E-state index in [2.05, 4.69) is 6.58 Å². The molecule has 0 radical (unpaired) electrons. The number of ether oxygens (including phenoxy) is 3. The molecule has 22 heavy (non-hydrogen) atoms. The molecule has 0 bridgehead atoms. The predicted molar refractivity (Wildman–Crippen MR) is 85.5 cm³/mol. The Bertz CT molecular complexity index is 334. The van der Waals surface area contributed by atoms with Crippen LogP contribution in [0.2, 0.25) is 0 Å². The van der Waals surface area contributed by atoms with Crippen LogP contribution >= 0.6 is 0 Å². The van der Waals surface area contributed by atoms with E-state index in [1.54, 1.807) is 6.92 Å².